The third kappa shape index (κ3) is 6.90. The number of hydrogen-bond acceptors (Lipinski definition) is 6. The standard InChI is InChI=1S/C32H31N2O3S.Na.H2O/c1-22-29(33-31(36)37-23(2)24-9-5-3-6-10-24)30(38-34-22)27-13-11-25(12-14-27)26-15-17-28(18-16-26)32(21-35)19-7-4-8-20-32;;/h3,5-6,9-18,23H,4,7-8,19-20H2,1-2H3,(H,33,36);;1H2/q-1;+1;/p-1/t23-;;/m1../s1. The molecule has 8 heteroatoms. The number of carbonyl (C=O) groups excluding carboxylic acids is 2. The van der Waals surface area contributed by atoms with Gasteiger partial charge in [0.1, 0.15) is 6.10 Å². The number of amides is 1. The molecule has 2 N–H and O–H groups in total. The molecule has 40 heavy (non-hydrogen) atoms. The number of ether oxygens (including phenoxy) is 1. The Morgan fingerprint density at radius 2 is 1.50 bits per heavy atom. The van der Waals surface area contributed by atoms with Crippen molar-refractivity contribution in [1.82, 2.24) is 4.37 Å². The maximum absolute atomic E-state index is 12.7. The quantitative estimate of drug-likeness (QED) is 0.245. The molecule has 1 heterocycles. The van der Waals surface area contributed by atoms with Crippen molar-refractivity contribution in [2.75, 3.05) is 5.32 Å². The molecule has 1 aromatic heterocycles. The van der Waals surface area contributed by atoms with Crippen LogP contribution in [0.2, 0.25) is 0 Å². The average molecular weight is 564 g/mol. The Balaban J connectivity index is 0.00000220. The summed E-state index contributed by atoms with van der Waals surface area (Å²) in [6.07, 6.45) is 6.61. The molecule has 1 saturated carbocycles. The van der Waals surface area contributed by atoms with Crippen LogP contribution in [-0.2, 0) is 14.9 Å². The maximum Gasteiger partial charge on any atom is 1.00 e. The van der Waals surface area contributed by atoms with E-state index in [1.165, 1.54) is 18.0 Å². The second-order valence-electron chi connectivity index (χ2n) is 9.95. The normalized spacial score (nSPS) is 14.7. The van der Waals surface area contributed by atoms with Gasteiger partial charge < -0.3 is 15.0 Å². The Hall–Kier alpha value is -2.81. The Morgan fingerprint density at radius 1 is 0.925 bits per heavy atom. The molecule has 1 aliphatic rings. The van der Waals surface area contributed by atoms with Crippen molar-refractivity contribution in [3.63, 3.8) is 0 Å². The first-order valence-corrected chi connectivity index (χ1v) is 13.9. The molecule has 0 bridgehead atoms. The molecule has 0 unspecified atom stereocenters. The molecule has 1 atom stereocenters. The first kappa shape index (κ1) is 31.7. The van der Waals surface area contributed by atoms with Gasteiger partial charge in [-0.2, -0.15) is 4.37 Å². The van der Waals surface area contributed by atoms with Gasteiger partial charge in [0, 0.05) is 0 Å². The second-order valence-corrected chi connectivity index (χ2v) is 10.7. The average Bonchev–Trinajstić information content (AvgIpc) is 3.33. The molecule has 0 aliphatic heterocycles. The molecule has 5 rings (SSSR count). The smallest absolute Gasteiger partial charge is 0.870 e. The van der Waals surface area contributed by atoms with E-state index in [-0.39, 0.29) is 41.1 Å². The number of rotatable bonds is 7. The number of benzene rings is 3. The van der Waals surface area contributed by atoms with E-state index in [0.29, 0.717) is 5.69 Å². The number of aryl methyl sites for hydroxylation is 1. The largest absolute Gasteiger partial charge is 1.00 e. The van der Waals surface area contributed by atoms with Gasteiger partial charge in [0.25, 0.3) is 0 Å². The van der Waals surface area contributed by atoms with Crippen LogP contribution in [0.5, 0.6) is 0 Å². The van der Waals surface area contributed by atoms with Crippen LogP contribution in [0, 0.1) is 6.92 Å². The second kappa shape index (κ2) is 14.2. The van der Waals surface area contributed by atoms with Gasteiger partial charge in [-0.1, -0.05) is 117 Å². The zero-order valence-electron chi connectivity index (χ0n) is 23.1. The van der Waals surface area contributed by atoms with Gasteiger partial charge in [0.15, 0.2) is 0 Å². The minimum absolute atomic E-state index is 0. The van der Waals surface area contributed by atoms with Gasteiger partial charge >= 0.3 is 35.7 Å². The fourth-order valence-corrected chi connectivity index (χ4v) is 6.05. The Kier molecular flexibility index (Phi) is 11.3. The molecule has 1 amide bonds. The predicted octanol–water partition coefficient (Wildman–Crippen LogP) is 5.23. The van der Waals surface area contributed by atoms with Crippen molar-refractivity contribution >= 4 is 29.6 Å². The van der Waals surface area contributed by atoms with Crippen LogP contribution in [0.4, 0.5) is 10.5 Å². The summed E-state index contributed by atoms with van der Waals surface area (Å²) in [6.45, 7) is 3.73. The number of aromatic nitrogens is 1. The summed E-state index contributed by atoms with van der Waals surface area (Å²) in [4.78, 5) is 25.4. The zero-order valence-corrected chi connectivity index (χ0v) is 26.0. The topological polar surface area (TPSA) is 98.3 Å². The fourth-order valence-electron chi connectivity index (χ4n) is 5.20. The van der Waals surface area contributed by atoms with E-state index in [4.69, 9.17) is 4.74 Å². The van der Waals surface area contributed by atoms with Crippen LogP contribution >= 0.6 is 11.5 Å². The van der Waals surface area contributed by atoms with Crippen molar-refractivity contribution in [3.05, 3.63) is 95.7 Å². The molecule has 0 saturated heterocycles. The van der Waals surface area contributed by atoms with Crippen LogP contribution in [0.25, 0.3) is 21.6 Å². The summed E-state index contributed by atoms with van der Waals surface area (Å²) in [5.41, 5.74) is 6.11. The molecule has 0 spiro atoms. The van der Waals surface area contributed by atoms with Gasteiger partial charge in [-0.05, 0) is 47.6 Å². The summed E-state index contributed by atoms with van der Waals surface area (Å²) in [7, 11) is 0. The van der Waals surface area contributed by atoms with Gasteiger partial charge in [0.2, 0.25) is 0 Å². The van der Waals surface area contributed by atoms with Crippen molar-refractivity contribution < 1.29 is 49.4 Å². The van der Waals surface area contributed by atoms with Crippen LogP contribution in [-0.4, -0.2) is 22.2 Å². The number of anilines is 1. The van der Waals surface area contributed by atoms with E-state index >= 15 is 0 Å². The Bertz CT molecular complexity index is 1400. The number of carbonyl (C=O) groups is 1. The van der Waals surface area contributed by atoms with Gasteiger partial charge in [0.05, 0.1) is 16.3 Å². The molecule has 1 aliphatic carbocycles. The van der Waals surface area contributed by atoms with Crippen molar-refractivity contribution in [3.8, 4) is 21.6 Å². The van der Waals surface area contributed by atoms with Crippen LogP contribution < -0.4 is 34.9 Å². The van der Waals surface area contributed by atoms with Crippen molar-refractivity contribution in [1.29, 1.82) is 0 Å². The summed E-state index contributed by atoms with van der Waals surface area (Å²) in [6, 6.07) is 26.2. The number of nitrogens with zero attached hydrogens (tertiary/aromatic N) is 1. The zero-order chi connectivity index (χ0) is 26.5. The summed E-state index contributed by atoms with van der Waals surface area (Å²) < 4.78 is 10.1. The number of hydrogen-bond donors (Lipinski definition) is 1. The monoisotopic (exact) mass is 563 g/mol. The SMILES string of the molecule is Cc1nsc(-c2ccc(-c3ccc(C4([C-]=O)CCCCC4)cc3)cc2)c1NC(=O)O[C@H](C)c1ccccc1.[Na+].[OH-]. The molecule has 4 aromatic rings. The molecule has 3 aromatic carbocycles. The first-order valence-electron chi connectivity index (χ1n) is 13.1. The summed E-state index contributed by atoms with van der Waals surface area (Å²) in [5.74, 6) is 0. The van der Waals surface area contributed by atoms with Crippen molar-refractivity contribution in [2.45, 2.75) is 57.5 Å². The molecular weight excluding hydrogens is 531 g/mol. The van der Waals surface area contributed by atoms with Crippen molar-refractivity contribution in [2.24, 2.45) is 0 Å². The van der Waals surface area contributed by atoms with E-state index in [1.54, 1.807) is 0 Å². The third-order valence-corrected chi connectivity index (χ3v) is 8.45. The molecule has 0 radical (unpaired) electrons. The minimum atomic E-state index is -0.508. The van der Waals surface area contributed by atoms with Gasteiger partial charge in [-0.25, -0.2) is 4.79 Å². The molecule has 6 nitrogen and oxygen atoms in total. The van der Waals surface area contributed by atoms with Gasteiger partial charge in [-0.3, -0.25) is 11.6 Å². The molecule has 1 fully saturated rings. The maximum atomic E-state index is 12.7. The summed E-state index contributed by atoms with van der Waals surface area (Å²) >= 11 is 1.35. The minimum Gasteiger partial charge on any atom is -0.870 e. The Morgan fingerprint density at radius 3 is 2.10 bits per heavy atom. The van der Waals surface area contributed by atoms with Crippen LogP contribution in [0.15, 0.2) is 78.9 Å². The number of nitrogens with one attached hydrogen (secondary N) is 1. The van der Waals surface area contributed by atoms with E-state index in [9.17, 15) is 9.59 Å². The van der Waals surface area contributed by atoms with Gasteiger partial charge in [-0.15, -0.1) is 5.41 Å². The third-order valence-electron chi connectivity index (χ3n) is 7.46. The van der Waals surface area contributed by atoms with E-state index < -0.39 is 11.5 Å². The fraction of sp³-hybridized carbons (Fsp3) is 0.281. The van der Waals surface area contributed by atoms with Crippen LogP contribution in [0.1, 0.15) is 62.0 Å². The van der Waals surface area contributed by atoms with Crippen LogP contribution in [0.3, 0.4) is 0 Å². The Labute approximate surface area is 261 Å². The first-order chi connectivity index (χ1) is 18.5. The molecule has 202 valence electrons. The van der Waals surface area contributed by atoms with E-state index in [2.05, 4.69) is 52.4 Å². The molecular formula is C32H32N2NaO4S-. The van der Waals surface area contributed by atoms with E-state index in [0.717, 1.165) is 64.1 Å². The predicted molar refractivity (Wildman–Crippen MR) is 155 cm³/mol. The summed E-state index contributed by atoms with van der Waals surface area (Å²) in [5, 5.41) is 2.91. The van der Waals surface area contributed by atoms with E-state index in [1.807, 2.05) is 56.3 Å².